The zero-order valence-corrected chi connectivity index (χ0v) is 10.3. The number of rotatable bonds is 4. The molecule has 1 heterocycles. The van der Waals surface area contributed by atoms with Gasteiger partial charge in [0.1, 0.15) is 11.6 Å². The first kappa shape index (κ1) is 11.9. The zero-order valence-electron chi connectivity index (χ0n) is 10.3. The van der Waals surface area contributed by atoms with E-state index in [0.29, 0.717) is 0 Å². The van der Waals surface area contributed by atoms with E-state index < -0.39 is 0 Å². The van der Waals surface area contributed by atoms with E-state index in [1.165, 1.54) is 0 Å². The fourth-order valence-corrected chi connectivity index (χ4v) is 1.56. The molecule has 0 atom stereocenters. The molecule has 0 saturated carbocycles. The molecule has 0 aliphatic carbocycles. The molecule has 1 aromatic rings. The summed E-state index contributed by atoms with van der Waals surface area (Å²) in [6.07, 6.45) is 0.948. The average Bonchev–Trinajstić information content (AvgIpc) is 2.19. The lowest BCUT2D eigenvalue weighted by Crippen LogP contribution is -2.16. The molecule has 0 amide bonds. The second-order valence-electron chi connectivity index (χ2n) is 3.90. The molecular weight excluding hydrogens is 188 g/mol. The van der Waals surface area contributed by atoms with Crippen LogP contribution in [0.15, 0.2) is 0 Å². The molecule has 0 bridgehead atoms. The first-order valence-electron chi connectivity index (χ1n) is 5.27. The minimum atomic E-state index is 0.780. The highest BCUT2D eigenvalue weighted by Crippen LogP contribution is 2.15. The van der Waals surface area contributed by atoms with Gasteiger partial charge in [0.2, 0.25) is 0 Å². The minimum absolute atomic E-state index is 0.780. The Hall–Kier alpha value is -1.16. The summed E-state index contributed by atoms with van der Waals surface area (Å²) < 4.78 is 0. The van der Waals surface area contributed by atoms with Crippen molar-refractivity contribution in [1.29, 1.82) is 0 Å². The van der Waals surface area contributed by atoms with Crippen LogP contribution >= 0.6 is 0 Å². The van der Waals surface area contributed by atoms with Crippen LogP contribution in [-0.2, 0) is 13.0 Å². The smallest absolute Gasteiger partial charge is 0.144 e. The van der Waals surface area contributed by atoms with E-state index in [0.717, 1.165) is 35.9 Å². The summed E-state index contributed by atoms with van der Waals surface area (Å²) >= 11 is 0. The summed E-state index contributed by atoms with van der Waals surface area (Å²) in [7, 11) is 5.94. The summed E-state index contributed by atoms with van der Waals surface area (Å²) in [5.74, 6) is 1.82. The number of hydrogen-bond donors (Lipinski definition) is 1. The SMILES string of the molecule is CCc1nc(CN(C)C)nc(NC)c1C. The van der Waals surface area contributed by atoms with E-state index in [-0.39, 0.29) is 0 Å². The lowest BCUT2D eigenvalue weighted by molar-refractivity contribution is 0.390. The first-order chi connectivity index (χ1) is 7.08. The van der Waals surface area contributed by atoms with Crippen molar-refractivity contribution in [2.45, 2.75) is 26.8 Å². The Kier molecular flexibility index (Phi) is 4.03. The van der Waals surface area contributed by atoms with Gasteiger partial charge in [-0.15, -0.1) is 0 Å². The lowest BCUT2D eigenvalue weighted by atomic mass is 10.2. The highest BCUT2D eigenvalue weighted by molar-refractivity contribution is 5.45. The van der Waals surface area contributed by atoms with Crippen LogP contribution in [0, 0.1) is 6.92 Å². The van der Waals surface area contributed by atoms with E-state index in [1.54, 1.807) is 0 Å². The highest BCUT2D eigenvalue weighted by atomic mass is 15.1. The Morgan fingerprint density at radius 1 is 1.27 bits per heavy atom. The topological polar surface area (TPSA) is 41.1 Å². The summed E-state index contributed by atoms with van der Waals surface area (Å²) in [5.41, 5.74) is 2.29. The van der Waals surface area contributed by atoms with Gasteiger partial charge in [-0.1, -0.05) is 6.92 Å². The average molecular weight is 208 g/mol. The molecule has 4 nitrogen and oxygen atoms in total. The molecule has 1 N–H and O–H groups in total. The second kappa shape index (κ2) is 5.07. The predicted molar refractivity (Wildman–Crippen MR) is 63.1 cm³/mol. The van der Waals surface area contributed by atoms with E-state index >= 15 is 0 Å². The van der Waals surface area contributed by atoms with Crippen LogP contribution in [0.5, 0.6) is 0 Å². The monoisotopic (exact) mass is 208 g/mol. The summed E-state index contributed by atoms with van der Waals surface area (Å²) in [6.45, 7) is 4.96. The first-order valence-corrected chi connectivity index (χ1v) is 5.27. The van der Waals surface area contributed by atoms with Crippen molar-refractivity contribution in [3.63, 3.8) is 0 Å². The van der Waals surface area contributed by atoms with Crippen LogP contribution in [0.25, 0.3) is 0 Å². The largest absolute Gasteiger partial charge is 0.373 e. The molecule has 0 unspecified atom stereocenters. The fraction of sp³-hybridized carbons (Fsp3) is 0.636. The number of anilines is 1. The maximum Gasteiger partial charge on any atom is 0.144 e. The lowest BCUT2D eigenvalue weighted by Gasteiger charge is -2.13. The van der Waals surface area contributed by atoms with Crippen molar-refractivity contribution < 1.29 is 0 Å². The van der Waals surface area contributed by atoms with Gasteiger partial charge in [-0.3, -0.25) is 0 Å². The van der Waals surface area contributed by atoms with Gasteiger partial charge in [0.05, 0.1) is 6.54 Å². The van der Waals surface area contributed by atoms with Gasteiger partial charge in [0.25, 0.3) is 0 Å². The molecule has 0 aliphatic heterocycles. The van der Waals surface area contributed by atoms with Crippen molar-refractivity contribution in [3.05, 3.63) is 17.1 Å². The standard InChI is InChI=1S/C11H20N4/c1-6-9-8(2)11(12-3)14-10(13-9)7-15(4)5/h6-7H2,1-5H3,(H,12,13,14). The van der Waals surface area contributed by atoms with Gasteiger partial charge in [0, 0.05) is 18.3 Å². The Bertz CT molecular complexity index is 308. The Morgan fingerprint density at radius 2 is 1.93 bits per heavy atom. The third-order valence-electron chi connectivity index (χ3n) is 2.32. The molecule has 0 aliphatic rings. The summed E-state index contributed by atoms with van der Waals surface area (Å²) in [6, 6.07) is 0. The van der Waals surface area contributed by atoms with Crippen LogP contribution < -0.4 is 5.32 Å². The molecule has 1 aromatic heterocycles. The van der Waals surface area contributed by atoms with E-state index in [1.807, 2.05) is 21.1 Å². The van der Waals surface area contributed by atoms with Gasteiger partial charge in [-0.25, -0.2) is 9.97 Å². The Morgan fingerprint density at radius 3 is 2.40 bits per heavy atom. The van der Waals surface area contributed by atoms with Gasteiger partial charge in [-0.2, -0.15) is 0 Å². The van der Waals surface area contributed by atoms with Crippen molar-refractivity contribution in [3.8, 4) is 0 Å². The van der Waals surface area contributed by atoms with Crippen LogP contribution in [0.1, 0.15) is 24.0 Å². The highest BCUT2D eigenvalue weighted by Gasteiger charge is 2.08. The maximum atomic E-state index is 4.55. The van der Waals surface area contributed by atoms with E-state index in [9.17, 15) is 0 Å². The molecular formula is C11H20N4. The van der Waals surface area contributed by atoms with Crippen LogP contribution in [0.2, 0.25) is 0 Å². The number of nitrogens with one attached hydrogen (secondary N) is 1. The molecule has 15 heavy (non-hydrogen) atoms. The van der Waals surface area contributed by atoms with Crippen LogP contribution in [0.3, 0.4) is 0 Å². The van der Waals surface area contributed by atoms with Gasteiger partial charge in [0.15, 0.2) is 0 Å². The quantitative estimate of drug-likeness (QED) is 0.813. The summed E-state index contributed by atoms with van der Waals surface area (Å²) in [5, 5.41) is 3.11. The molecule has 1 rings (SSSR count). The predicted octanol–water partition coefficient (Wildman–Crippen LogP) is 1.45. The molecule has 0 saturated heterocycles. The molecule has 84 valence electrons. The second-order valence-corrected chi connectivity index (χ2v) is 3.90. The maximum absolute atomic E-state index is 4.55. The molecule has 0 spiro atoms. The van der Waals surface area contributed by atoms with Gasteiger partial charge >= 0.3 is 0 Å². The number of nitrogens with zero attached hydrogens (tertiary/aromatic N) is 3. The number of aryl methyl sites for hydroxylation is 1. The third kappa shape index (κ3) is 2.89. The van der Waals surface area contributed by atoms with Gasteiger partial charge < -0.3 is 10.2 Å². The Balaban J connectivity index is 3.09. The van der Waals surface area contributed by atoms with Crippen molar-refractivity contribution in [1.82, 2.24) is 14.9 Å². The van der Waals surface area contributed by atoms with E-state index in [4.69, 9.17) is 0 Å². The fourth-order valence-electron chi connectivity index (χ4n) is 1.56. The molecule has 0 radical (unpaired) electrons. The normalized spacial score (nSPS) is 10.8. The van der Waals surface area contributed by atoms with Crippen LogP contribution in [0.4, 0.5) is 5.82 Å². The minimum Gasteiger partial charge on any atom is -0.373 e. The molecule has 0 fully saturated rings. The summed E-state index contributed by atoms with van der Waals surface area (Å²) in [4.78, 5) is 11.1. The Labute approximate surface area is 91.7 Å². The van der Waals surface area contributed by atoms with Crippen molar-refractivity contribution in [2.24, 2.45) is 0 Å². The molecule has 0 aromatic carbocycles. The van der Waals surface area contributed by atoms with Crippen molar-refractivity contribution in [2.75, 3.05) is 26.5 Å². The van der Waals surface area contributed by atoms with E-state index in [2.05, 4.69) is 34.0 Å². The van der Waals surface area contributed by atoms with Crippen LogP contribution in [-0.4, -0.2) is 36.0 Å². The number of aromatic nitrogens is 2. The third-order valence-corrected chi connectivity index (χ3v) is 2.32. The number of hydrogen-bond acceptors (Lipinski definition) is 4. The zero-order chi connectivity index (χ0) is 11.4. The molecule has 4 heteroatoms. The van der Waals surface area contributed by atoms with Gasteiger partial charge in [-0.05, 0) is 27.4 Å². The van der Waals surface area contributed by atoms with Crippen molar-refractivity contribution >= 4 is 5.82 Å².